The Hall–Kier alpha value is -2.04. The van der Waals surface area contributed by atoms with E-state index in [1.807, 2.05) is 30.3 Å². The lowest BCUT2D eigenvalue weighted by Crippen LogP contribution is -2.46. The van der Waals surface area contributed by atoms with Gasteiger partial charge < -0.3 is 14.8 Å². The lowest BCUT2D eigenvalue weighted by atomic mass is 9.83. The van der Waals surface area contributed by atoms with E-state index in [-0.39, 0.29) is 23.3 Å². The number of ether oxygens (including phenoxy) is 2. The van der Waals surface area contributed by atoms with E-state index < -0.39 is 12.4 Å². The van der Waals surface area contributed by atoms with E-state index in [2.05, 4.69) is 26.1 Å². The highest BCUT2D eigenvalue weighted by Gasteiger charge is 2.35. The summed E-state index contributed by atoms with van der Waals surface area (Å²) in [7, 11) is 0. The van der Waals surface area contributed by atoms with Gasteiger partial charge in [0.2, 0.25) is 6.29 Å². The van der Waals surface area contributed by atoms with Gasteiger partial charge in [-0.05, 0) is 17.4 Å². The molecule has 0 aromatic heterocycles. The number of nitrogens with one attached hydrogen (secondary N) is 1. The maximum Gasteiger partial charge on any atom is 0.410 e. The van der Waals surface area contributed by atoms with E-state index in [0.29, 0.717) is 12.8 Å². The highest BCUT2D eigenvalue weighted by atomic mass is 16.7. The van der Waals surface area contributed by atoms with Crippen LogP contribution in [0.2, 0.25) is 0 Å². The highest BCUT2D eigenvalue weighted by Crippen LogP contribution is 2.24. The molecular weight excluding hydrogens is 294 g/mol. The van der Waals surface area contributed by atoms with Gasteiger partial charge in [0.05, 0.1) is 5.92 Å². The number of cyclic esters (lactones) is 1. The summed E-state index contributed by atoms with van der Waals surface area (Å²) in [5.41, 5.74) is 1.02. The highest BCUT2D eigenvalue weighted by molar-refractivity contribution is 5.75. The number of amides is 1. The number of rotatable bonds is 4. The number of esters is 1. The number of hydrogen-bond acceptors (Lipinski definition) is 4. The molecule has 2 unspecified atom stereocenters. The standard InChI is InChI=1S/C18H25NO4/c1-12-10-15(22-16(12)20)23-17(21)19-14(18(2,3)4)11-13-8-6-5-7-9-13/h5-9,12,14-15H,10-11H2,1-4H3,(H,19,21)/t12?,14-,15?/m0/s1. The summed E-state index contributed by atoms with van der Waals surface area (Å²) in [6.07, 6.45) is -0.214. The van der Waals surface area contributed by atoms with Crippen molar-refractivity contribution < 1.29 is 19.1 Å². The van der Waals surface area contributed by atoms with Crippen molar-refractivity contribution in [1.29, 1.82) is 0 Å². The van der Waals surface area contributed by atoms with Crippen LogP contribution in [-0.4, -0.2) is 24.4 Å². The summed E-state index contributed by atoms with van der Waals surface area (Å²) >= 11 is 0. The Morgan fingerprint density at radius 2 is 2.00 bits per heavy atom. The molecular formula is C18H25NO4. The topological polar surface area (TPSA) is 64.6 Å². The second-order valence-electron chi connectivity index (χ2n) is 7.16. The number of carbonyl (C=O) groups is 2. The van der Waals surface area contributed by atoms with Crippen LogP contribution in [0.25, 0.3) is 0 Å². The number of carbonyl (C=O) groups excluding carboxylic acids is 2. The fraction of sp³-hybridized carbons (Fsp3) is 0.556. The lowest BCUT2D eigenvalue weighted by Gasteiger charge is -2.31. The molecule has 0 saturated carbocycles. The van der Waals surface area contributed by atoms with Gasteiger partial charge in [-0.2, -0.15) is 0 Å². The van der Waals surface area contributed by atoms with E-state index in [1.54, 1.807) is 6.92 Å². The average molecular weight is 319 g/mol. The predicted octanol–water partition coefficient (Wildman–Crippen LogP) is 3.28. The van der Waals surface area contributed by atoms with Crippen LogP contribution in [0, 0.1) is 11.3 Å². The third kappa shape index (κ3) is 4.98. The number of alkyl carbamates (subject to hydrolysis) is 1. The van der Waals surface area contributed by atoms with Crippen molar-refractivity contribution in [3.8, 4) is 0 Å². The number of hydrogen-bond donors (Lipinski definition) is 1. The van der Waals surface area contributed by atoms with E-state index in [0.717, 1.165) is 5.56 Å². The van der Waals surface area contributed by atoms with Crippen LogP contribution in [-0.2, 0) is 20.7 Å². The van der Waals surface area contributed by atoms with Gasteiger partial charge in [-0.15, -0.1) is 0 Å². The van der Waals surface area contributed by atoms with Crippen molar-refractivity contribution in [2.75, 3.05) is 0 Å². The summed E-state index contributed by atoms with van der Waals surface area (Å²) in [5.74, 6) is -0.546. The minimum absolute atomic E-state index is 0.0908. The van der Waals surface area contributed by atoms with Crippen molar-refractivity contribution in [3.05, 3.63) is 35.9 Å². The van der Waals surface area contributed by atoms with Crippen LogP contribution in [0.5, 0.6) is 0 Å². The largest absolute Gasteiger partial charge is 0.425 e. The maximum absolute atomic E-state index is 12.1. The SMILES string of the molecule is CC1CC(OC(=O)N[C@@H](Cc2ccccc2)C(C)(C)C)OC1=O. The molecule has 0 bridgehead atoms. The molecule has 23 heavy (non-hydrogen) atoms. The predicted molar refractivity (Wildman–Crippen MR) is 86.7 cm³/mol. The van der Waals surface area contributed by atoms with Crippen molar-refractivity contribution in [2.45, 2.75) is 52.9 Å². The van der Waals surface area contributed by atoms with Gasteiger partial charge in [0.1, 0.15) is 0 Å². The Labute approximate surface area is 137 Å². The summed E-state index contributed by atoms with van der Waals surface area (Å²) in [4.78, 5) is 23.5. The first-order chi connectivity index (χ1) is 10.8. The molecule has 0 spiro atoms. The average Bonchev–Trinajstić information content (AvgIpc) is 2.76. The first kappa shape index (κ1) is 17.3. The first-order valence-corrected chi connectivity index (χ1v) is 7.97. The van der Waals surface area contributed by atoms with Gasteiger partial charge in [0, 0.05) is 12.5 Å². The zero-order valence-corrected chi connectivity index (χ0v) is 14.2. The van der Waals surface area contributed by atoms with E-state index >= 15 is 0 Å². The van der Waals surface area contributed by atoms with Crippen LogP contribution < -0.4 is 5.32 Å². The van der Waals surface area contributed by atoms with Crippen LogP contribution in [0.3, 0.4) is 0 Å². The summed E-state index contributed by atoms with van der Waals surface area (Å²) in [6.45, 7) is 7.96. The third-order valence-electron chi connectivity index (χ3n) is 4.05. The molecule has 1 aromatic carbocycles. The van der Waals surface area contributed by atoms with Crippen LogP contribution in [0.4, 0.5) is 4.79 Å². The Bertz CT molecular complexity index is 550. The maximum atomic E-state index is 12.1. The summed E-state index contributed by atoms with van der Waals surface area (Å²) < 4.78 is 10.2. The van der Waals surface area contributed by atoms with Crippen molar-refractivity contribution in [1.82, 2.24) is 5.32 Å². The molecule has 1 heterocycles. The van der Waals surface area contributed by atoms with Gasteiger partial charge in [-0.25, -0.2) is 4.79 Å². The van der Waals surface area contributed by atoms with Crippen LogP contribution in [0.15, 0.2) is 30.3 Å². The zero-order chi connectivity index (χ0) is 17.0. The minimum Gasteiger partial charge on any atom is -0.425 e. The molecule has 1 fully saturated rings. The second kappa shape index (κ2) is 7.02. The lowest BCUT2D eigenvalue weighted by molar-refractivity contribution is -0.155. The minimum atomic E-state index is -0.783. The van der Waals surface area contributed by atoms with Gasteiger partial charge in [-0.1, -0.05) is 58.0 Å². The van der Waals surface area contributed by atoms with Gasteiger partial charge in [-0.3, -0.25) is 4.79 Å². The monoisotopic (exact) mass is 319 g/mol. The Balaban J connectivity index is 1.95. The van der Waals surface area contributed by atoms with E-state index in [1.165, 1.54) is 0 Å². The van der Waals surface area contributed by atoms with Crippen molar-refractivity contribution in [2.24, 2.45) is 11.3 Å². The molecule has 3 atom stereocenters. The molecule has 1 aliphatic rings. The summed E-state index contributed by atoms with van der Waals surface area (Å²) in [6, 6.07) is 9.90. The smallest absolute Gasteiger partial charge is 0.410 e. The Morgan fingerprint density at radius 1 is 1.35 bits per heavy atom. The molecule has 0 aliphatic carbocycles. The Kier molecular flexibility index (Phi) is 5.29. The third-order valence-corrected chi connectivity index (χ3v) is 4.05. The number of benzene rings is 1. The molecule has 1 aromatic rings. The van der Waals surface area contributed by atoms with Crippen LogP contribution >= 0.6 is 0 Å². The fourth-order valence-corrected chi connectivity index (χ4v) is 2.47. The van der Waals surface area contributed by atoms with Gasteiger partial charge in [0.15, 0.2) is 0 Å². The second-order valence-corrected chi connectivity index (χ2v) is 7.16. The molecule has 1 saturated heterocycles. The van der Waals surface area contributed by atoms with Crippen molar-refractivity contribution in [3.63, 3.8) is 0 Å². The molecule has 126 valence electrons. The molecule has 1 N–H and O–H groups in total. The summed E-state index contributed by atoms with van der Waals surface area (Å²) in [5, 5.41) is 2.91. The first-order valence-electron chi connectivity index (χ1n) is 7.97. The molecule has 2 rings (SSSR count). The zero-order valence-electron chi connectivity index (χ0n) is 14.2. The fourth-order valence-electron chi connectivity index (χ4n) is 2.47. The molecule has 5 heteroatoms. The molecule has 5 nitrogen and oxygen atoms in total. The molecule has 1 aliphatic heterocycles. The van der Waals surface area contributed by atoms with Gasteiger partial charge in [0.25, 0.3) is 0 Å². The van der Waals surface area contributed by atoms with E-state index in [4.69, 9.17) is 9.47 Å². The van der Waals surface area contributed by atoms with Crippen molar-refractivity contribution >= 4 is 12.1 Å². The van der Waals surface area contributed by atoms with Gasteiger partial charge >= 0.3 is 12.1 Å². The Morgan fingerprint density at radius 3 is 2.52 bits per heavy atom. The quantitative estimate of drug-likeness (QED) is 0.865. The normalized spacial score (nSPS) is 22.3. The molecule has 1 amide bonds. The van der Waals surface area contributed by atoms with E-state index in [9.17, 15) is 9.59 Å². The van der Waals surface area contributed by atoms with Crippen LogP contribution in [0.1, 0.15) is 39.7 Å². The molecule has 0 radical (unpaired) electrons.